The monoisotopic (exact) mass is 347 g/mol. The van der Waals surface area contributed by atoms with E-state index in [0.717, 1.165) is 42.7 Å². The molecular formula is C18H25N3O2S. The predicted octanol–water partition coefficient (Wildman–Crippen LogP) is 3.83. The second kappa shape index (κ2) is 6.59. The third kappa shape index (κ3) is 3.80. The van der Waals surface area contributed by atoms with E-state index < -0.39 is 5.60 Å². The van der Waals surface area contributed by atoms with E-state index in [9.17, 15) is 4.79 Å². The van der Waals surface area contributed by atoms with E-state index in [0.29, 0.717) is 10.7 Å². The summed E-state index contributed by atoms with van der Waals surface area (Å²) in [6.45, 7) is 8.00. The molecule has 0 unspecified atom stereocenters. The predicted molar refractivity (Wildman–Crippen MR) is 96.2 cm³/mol. The lowest BCUT2D eigenvalue weighted by Crippen LogP contribution is -2.42. The fourth-order valence-corrected chi connectivity index (χ4v) is 4.02. The smallest absolute Gasteiger partial charge is 0.410 e. The lowest BCUT2D eigenvalue weighted by atomic mass is 9.97. The van der Waals surface area contributed by atoms with Crippen molar-refractivity contribution < 1.29 is 9.53 Å². The van der Waals surface area contributed by atoms with Gasteiger partial charge < -0.3 is 14.2 Å². The van der Waals surface area contributed by atoms with Crippen molar-refractivity contribution in [3.8, 4) is 0 Å². The van der Waals surface area contributed by atoms with Crippen LogP contribution in [0.25, 0.3) is 10.2 Å². The first kappa shape index (κ1) is 17.0. The molecule has 0 atom stereocenters. The molecule has 1 aromatic carbocycles. The van der Waals surface area contributed by atoms with Gasteiger partial charge in [-0.05, 0) is 51.7 Å². The summed E-state index contributed by atoms with van der Waals surface area (Å²) < 4.78 is 8.71. The summed E-state index contributed by atoms with van der Waals surface area (Å²) in [5.41, 5.74) is 0.696. The Bertz CT molecular complexity index is 779. The summed E-state index contributed by atoms with van der Waals surface area (Å²) in [5.74, 6) is 0.496. The van der Waals surface area contributed by atoms with E-state index in [-0.39, 0.29) is 6.09 Å². The van der Waals surface area contributed by atoms with Crippen molar-refractivity contribution in [1.29, 1.82) is 5.41 Å². The normalized spacial score (nSPS) is 16.5. The van der Waals surface area contributed by atoms with Crippen molar-refractivity contribution in [3.63, 3.8) is 0 Å². The maximum absolute atomic E-state index is 12.1. The Labute approximate surface area is 146 Å². The van der Waals surface area contributed by atoms with Crippen molar-refractivity contribution in [1.82, 2.24) is 9.47 Å². The number of aromatic nitrogens is 1. The van der Waals surface area contributed by atoms with Crippen LogP contribution in [0.1, 0.15) is 33.6 Å². The molecule has 2 aromatic rings. The molecule has 1 N–H and O–H groups in total. The summed E-state index contributed by atoms with van der Waals surface area (Å²) >= 11 is 1.52. The van der Waals surface area contributed by atoms with Crippen molar-refractivity contribution in [2.75, 3.05) is 13.1 Å². The minimum absolute atomic E-state index is 0.212. The molecule has 130 valence electrons. The fraction of sp³-hybridized carbons (Fsp3) is 0.556. The molecule has 6 heteroatoms. The first-order valence-corrected chi connectivity index (χ1v) is 9.26. The molecule has 3 rings (SSSR count). The van der Waals surface area contributed by atoms with E-state index in [4.69, 9.17) is 10.1 Å². The number of rotatable bonds is 2. The van der Waals surface area contributed by atoms with E-state index >= 15 is 0 Å². The Morgan fingerprint density at radius 3 is 2.62 bits per heavy atom. The maximum atomic E-state index is 12.1. The molecule has 0 spiro atoms. The molecule has 2 heterocycles. The lowest BCUT2D eigenvalue weighted by molar-refractivity contribution is 0.0178. The van der Waals surface area contributed by atoms with Gasteiger partial charge in [0.05, 0.1) is 10.2 Å². The zero-order chi connectivity index (χ0) is 17.3. The van der Waals surface area contributed by atoms with Crippen LogP contribution in [-0.4, -0.2) is 34.3 Å². The van der Waals surface area contributed by atoms with Gasteiger partial charge in [-0.2, -0.15) is 0 Å². The van der Waals surface area contributed by atoms with Crippen LogP contribution in [0.15, 0.2) is 24.3 Å². The number of piperidine rings is 1. The number of nitrogens with zero attached hydrogens (tertiary/aromatic N) is 2. The highest BCUT2D eigenvalue weighted by Gasteiger charge is 2.27. The minimum atomic E-state index is -0.445. The van der Waals surface area contributed by atoms with Crippen molar-refractivity contribution in [2.24, 2.45) is 5.92 Å². The Morgan fingerprint density at radius 1 is 1.29 bits per heavy atom. The number of fused-ring (bicyclic) bond motifs is 1. The summed E-state index contributed by atoms with van der Waals surface area (Å²) in [6, 6.07) is 8.19. The number of hydrogen-bond acceptors (Lipinski definition) is 4. The molecule has 1 aliphatic rings. The Hall–Kier alpha value is -1.82. The molecule has 1 saturated heterocycles. The number of hydrogen-bond donors (Lipinski definition) is 1. The fourth-order valence-electron chi connectivity index (χ4n) is 3.10. The van der Waals surface area contributed by atoms with Gasteiger partial charge in [0.2, 0.25) is 0 Å². The number of thiazole rings is 1. The third-order valence-corrected chi connectivity index (χ3v) is 5.29. The number of benzene rings is 1. The van der Waals surface area contributed by atoms with Crippen LogP contribution in [-0.2, 0) is 11.3 Å². The molecule has 1 fully saturated rings. The van der Waals surface area contributed by atoms with Gasteiger partial charge in [-0.15, -0.1) is 0 Å². The van der Waals surface area contributed by atoms with Gasteiger partial charge in [-0.25, -0.2) is 4.79 Å². The summed E-state index contributed by atoms with van der Waals surface area (Å²) in [6.07, 6.45) is 1.70. The van der Waals surface area contributed by atoms with Gasteiger partial charge in [0, 0.05) is 19.6 Å². The van der Waals surface area contributed by atoms with Gasteiger partial charge in [0.25, 0.3) is 0 Å². The highest BCUT2D eigenvalue weighted by atomic mass is 32.1. The van der Waals surface area contributed by atoms with E-state index in [2.05, 4.69) is 16.7 Å². The zero-order valence-corrected chi connectivity index (χ0v) is 15.4. The Kier molecular flexibility index (Phi) is 4.67. The topological polar surface area (TPSA) is 58.3 Å². The van der Waals surface area contributed by atoms with Gasteiger partial charge in [-0.1, -0.05) is 23.5 Å². The number of carbonyl (C=O) groups excluding carboxylic acids is 1. The van der Waals surface area contributed by atoms with Crippen LogP contribution in [0, 0.1) is 11.3 Å². The number of carbonyl (C=O) groups is 1. The number of likely N-dealkylation sites (tertiary alicyclic amines) is 1. The van der Waals surface area contributed by atoms with E-state index in [1.54, 1.807) is 4.90 Å². The molecule has 1 aliphatic heterocycles. The molecule has 0 bridgehead atoms. The first-order valence-electron chi connectivity index (χ1n) is 8.44. The molecule has 0 radical (unpaired) electrons. The van der Waals surface area contributed by atoms with Crippen LogP contribution >= 0.6 is 11.3 Å². The molecule has 1 aromatic heterocycles. The standard InChI is InChI=1S/C18H25N3O2S/c1-18(2,3)23-17(22)20-10-8-13(9-11-20)12-21-14-6-4-5-7-15(14)24-16(21)19/h4-7,13,19H,8-12H2,1-3H3. The largest absolute Gasteiger partial charge is 0.444 e. The first-order chi connectivity index (χ1) is 11.3. The van der Waals surface area contributed by atoms with Gasteiger partial charge >= 0.3 is 6.09 Å². The van der Waals surface area contributed by atoms with Crippen LogP contribution in [0.2, 0.25) is 0 Å². The number of nitrogens with one attached hydrogen (secondary N) is 1. The Morgan fingerprint density at radius 2 is 1.96 bits per heavy atom. The zero-order valence-electron chi connectivity index (χ0n) is 14.5. The van der Waals surface area contributed by atoms with Gasteiger partial charge in [-0.3, -0.25) is 5.41 Å². The van der Waals surface area contributed by atoms with Gasteiger partial charge in [0.1, 0.15) is 5.60 Å². The quantitative estimate of drug-likeness (QED) is 0.897. The third-order valence-electron chi connectivity index (χ3n) is 4.31. The molecule has 24 heavy (non-hydrogen) atoms. The maximum Gasteiger partial charge on any atom is 0.410 e. The van der Waals surface area contributed by atoms with Gasteiger partial charge in [0.15, 0.2) is 4.80 Å². The molecular weight excluding hydrogens is 322 g/mol. The highest BCUT2D eigenvalue weighted by molar-refractivity contribution is 7.16. The minimum Gasteiger partial charge on any atom is -0.444 e. The summed E-state index contributed by atoms with van der Waals surface area (Å²) in [5, 5.41) is 8.22. The summed E-state index contributed by atoms with van der Waals surface area (Å²) in [4.78, 5) is 14.5. The van der Waals surface area contributed by atoms with E-state index in [1.165, 1.54) is 11.3 Å². The van der Waals surface area contributed by atoms with Crippen molar-refractivity contribution >= 4 is 27.6 Å². The summed E-state index contributed by atoms with van der Waals surface area (Å²) in [7, 11) is 0. The SMILES string of the molecule is CC(C)(C)OC(=O)N1CCC(Cn2c(=N)sc3ccccc32)CC1. The number of amides is 1. The molecule has 5 nitrogen and oxygen atoms in total. The van der Waals surface area contributed by atoms with Crippen molar-refractivity contribution in [3.05, 3.63) is 29.1 Å². The van der Waals surface area contributed by atoms with Crippen LogP contribution < -0.4 is 4.80 Å². The number of para-hydroxylation sites is 1. The molecule has 0 aliphatic carbocycles. The van der Waals surface area contributed by atoms with E-state index in [1.807, 2.05) is 32.9 Å². The molecule has 0 saturated carbocycles. The average Bonchev–Trinajstić information content (AvgIpc) is 2.82. The van der Waals surface area contributed by atoms with Crippen LogP contribution in [0.4, 0.5) is 4.79 Å². The second-order valence-corrected chi connectivity index (χ2v) is 8.43. The Balaban J connectivity index is 1.62. The molecule has 1 amide bonds. The van der Waals surface area contributed by atoms with Crippen molar-refractivity contribution in [2.45, 2.75) is 45.8 Å². The average molecular weight is 347 g/mol. The highest BCUT2D eigenvalue weighted by Crippen LogP contribution is 2.23. The second-order valence-electron chi connectivity index (χ2n) is 7.40. The van der Waals surface area contributed by atoms with Crippen LogP contribution in [0.3, 0.4) is 0 Å². The number of ether oxygens (including phenoxy) is 1. The van der Waals surface area contributed by atoms with Crippen LogP contribution in [0.5, 0.6) is 0 Å². The lowest BCUT2D eigenvalue weighted by Gasteiger charge is -2.33.